The average molecular weight is 166 g/mol. The maximum absolute atomic E-state index is 5.15. The molecule has 12 heavy (non-hydrogen) atoms. The van der Waals surface area contributed by atoms with Gasteiger partial charge in [-0.3, -0.25) is 4.84 Å². The van der Waals surface area contributed by atoms with Crippen LogP contribution in [0.3, 0.4) is 0 Å². The number of hydrogen-bond donors (Lipinski definition) is 0. The van der Waals surface area contributed by atoms with E-state index in [9.17, 15) is 0 Å². The SMILES string of the molecule is CCCN(OC)c1ccccn1. The smallest absolute Gasteiger partial charge is 0.152 e. The molecule has 0 amide bonds. The Morgan fingerprint density at radius 3 is 2.83 bits per heavy atom. The topological polar surface area (TPSA) is 25.4 Å². The fraction of sp³-hybridized carbons (Fsp3) is 0.444. The largest absolute Gasteiger partial charge is 0.275 e. The van der Waals surface area contributed by atoms with Gasteiger partial charge in [0.05, 0.1) is 7.11 Å². The van der Waals surface area contributed by atoms with Gasteiger partial charge in [0.2, 0.25) is 0 Å². The molecule has 0 aromatic carbocycles. The Kier molecular flexibility index (Phi) is 3.54. The molecule has 0 radical (unpaired) electrons. The minimum Gasteiger partial charge on any atom is -0.275 e. The Hall–Kier alpha value is -1.09. The van der Waals surface area contributed by atoms with Crippen molar-refractivity contribution in [2.24, 2.45) is 0 Å². The normalized spacial score (nSPS) is 9.83. The maximum Gasteiger partial charge on any atom is 0.152 e. The van der Waals surface area contributed by atoms with Crippen molar-refractivity contribution in [1.82, 2.24) is 4.98 Å². The molecule has 0 saturated carbocycles. The minimum absolute atomic E-state index is 0.863. The molecule has 0 N–H and O–H groups in total. The summed E-state index contributed by atoms with van der Waals surface area (Å²) in [5.41, 5.74) is 0. The minimum atomic E-state index is 0.863. The molecule has 0 aliphatic rings. The van der Waals surface area contributed by atoms with Gasteiger partial charge >= 0.3 is 0 Å². The molecule has 3 nitrogen and oxygen atoms in total. The van der Waals surface area contributed by atoms with Gasteiger partial charge in [0, 0.05) is 12.7 Å². The van der Waals surface area contributed by atoms with Crippen molar-refractivity contribution in [2.75, 3.05) is 18.7 Å². The van der Waals surface area contributed by atoms with E-state index in [0.717, 1.165) is 18.8 Å². The van der Waals surface area contributed by atoms with E-state index in [0.29, 0.717) is 0 Å². The molecule has 0 atom stereocenters. The lowest BCUT2D eigenvalue weighted by Gasteiger charge is -2.19. The highest BCUT2D eigenvalue weighted by molar-refractivity contribution is 5.33. The second-order valence-electron chi connectivity index (χ2n) is 2.47. The van der Waals surface area contributed by atoms with Crippen LogP contribution in [0.15, 0.2) is 24.4 Å². The first-order valence-corrected chi connectivity index (χ1v) is 4.11. The number of pyridine rings is 1. The highest BCUT2D eigenvalue weighted by Crippen LogP contribution is 2.08. The lowest BCUT2D eigenvalue weighted by Crippen LogP contribution is -2.23. The van der Waals surface area contributed by atoms with Crippen LogP contribution in [0.5, 0.6) is 0 Å². The molecule has 66 valence electrons. The molecule has 0 fully saturated rings. The number of rotatable bonds is 4. The van der Waals surface area contributed by atoms with E-state index >= 15 is 0 Å². The van der Waals surface area contributed by atoms with Crippen LogP contribution < -0.4 is 5.06 Å². The summed E-state index contributed by atoms with van der Waals surface area (Å²) in [6.45, 7) is 2.97. The van der Waals surface area contributed by atoms with Gasteiger partial charge in [-0.15, -0.1) is 0 Å². The molecule has 3 heteroatoms. The predicted molar refractivity (Wildman–Crippen MR) is 48.9 cm³/mol. The van der Waals surface area contributed by atoms with Crippen molar-refractivity contribution in [3.63, 3.8) is 0 Å². The van der Waals surface area contributed by atoms with Crippen LogP contribution in [0.2, 0.25) is 0 Å². The van der Waals surface area contributed by atoms with Crippen molar-refractivity contribution in [3.05, 3.63) is 24.4 Å². The van der Waals surface area contributed by atoms with E-state index in [-0.39, 0.29) is 0 Å². The molecule has 1 rings (SSSR count). The first-order valence-electron chi connectivity index (χ1n) is 4.11. The van der Waals surface area contributed by atoms with Gasteiger partial charge in [-0.05, 0) is 18.6 Å². The number of nitrogens with zero attached hydrogens (tertiary/aromatic N) is 2. The zero-order valence-electron chi connectivity index (χ0n) is 7.53. The van der Waals surface area contributed by atoms with Crippen LogP contribution in [0.4, 0.5) is 5.82 Å². The molecule has 0 spiro atoms. The monoisotopic (exact) mass is 166 g/mol. The van der Waals surface area contributed by atoms with Crippen LogP contribution in [-0.4, -0.2) is 18.6 Å². The lowest BCUT2D eigenvalue weighted by atomic mass is 10.4. The van der Waals surface area contributed by atoms with Crippen molar-refractivity contribution in [2.45, 2.75) is 13.3 Å². The van der Waals surface area contributed by atoms with Gasteiger partial charge in [0.15, 0.2) is 5.82 Å². The molecule has 1 heterocycles. The highest BCUT2D eigenvalue weighted by Gasteiger charge is 2.02. The third kappa shape index (κ3) is 2.20. The fourth-order valence-electron chi connectivity index (χ4n) is 1.00. The van der Waals surface area contributed by atoms with Crippen molar-refractivity contribution in [3.8, 4) is 0 Å². The van der Waals surface area contributed by atoms with Crippen molar-refractivity contribution >= 4 is 5.82 Å². The number of hydroxylamine groups is 1. The summed E-state index contributed by atoms with van der Waals surface area (Å²) in [6.07, 6.45) is 2.81. The Morgan fingerprint density at radius 2 is 2.33 bits per heavy atom. The van der Waals surface area contributed by atoms with Gasteiger partial charge in [0.1, 0.15) is 0 Å². The molecular formula is C9H14N2O. The van der Waals surface area contributed by atoms with Crippen LogP contribution in [0.25, 0.3) is 0 Å². The molecule has 0 unspecified atom stereocenters. The van der Waals surface area contributed by atoms with Crippen LogP contribution in [0, 0.1) is 0 Å². The summed E-state index contributed by atoms with van der Waals surface area (Å²) in [5.74, 6) is 0.863. The lowest BCUT2D eigenvalue weighted by molar-refractivity contribution is 0.164. The summed E-state index contributed by atoms with van der Waals surface area (Å²) in [6, 6.07) is 5.77. The Morgan fingerprint density at radius 1 is 1.50 bits per heavy atom. The standard InChI is InChI=1S/C9H14N2O/c1-3-8-11(12-2)9-6-4-5-7-10-9/h4-7H,3,8H2,1-2H3. The van der Waals surface area contributed by atoms with Crippen LogP contribution in [-0.2, 0) is 4.84 Å². The number of aromatic nitrogens is 1. The van der Waals surface area contributed by atoms with Gasteiger partial charge in [-0.2, -0.15) is 0 Å². The predicted octanol–water partition coefficient (Wildman–Crippen LogP) is 1.86. The Bertz CT molecular complexity index is 213. The summed E-state index contributed by atoms with van der Waals surface area (Å²) >= 11 is 0. The summed E-state index contributed by atoms with van der Waals surface area (Å²) in [5, 5.41) is 1.78. The van der Waals surface area contributed by atoms with Gasteiger partial charge in [-0.1, -0.05) is 13.0 Å². The third-order valence-electron chi connectivity index (χ3n) is 1.55. The van der Waals surface area contributed by atoms with E-state index in [2.05, 4.69) is 11.9 Å². The van der Waals surface area contributed by atoms with E-state index < -0.39 is 0 Å². The van der Waals surface area contributed by atoms with Gasteiger partial charge in [-0.25, -0.2) is 10.0 Å². The van der Waals surface area contributed by atoms with E-state index in [1.165, 1.54) is 0 Å². The first-order chi connectivity index (χ1) is 5.88. The summed E-state index contributed by atoms with van der Waals surface area (Å²) in [4.78, 5) is 9.32. The van der Waals surface area contributed by atoms with Crippen LogP contribution >= 0.6 is 0 Å². The summed E-state index contributed by atoms with van der Waals surface area (Å²) < 4.78 is 0. The molecular weight excluding hydrogens is 152 g/mol. The second kappa shape index (κ2) is 4.72. The highest BCUT2D eigenvalue weighted by atomic mass is 16.7. The average Bonchev–Trinajstić information content (AvgIpc) is 2.15. The third-order valence-corrected chi connectivity index (χ3v) is 1.55. The Labute approximate surface area is 72.9 Å². The molecule has 1 aromatic rings. The van der Waals surface area contributed by atoms with Gasteiger partial charge in [0.25, 0.3) is 0 Å². The van der Waals surface area contributed by atoms with E-state index in [1.54, 1.807) is 18.4 Å². The quantitative estimate of drug-likeness (QED) is 0.638. The van der Waals surface area contributed by atoms with Crippen molar-refractivity contribution in [1.29, 1.82) is 0 Å². The summed E-state index contributed by atoms with van der Waals surface area (Å²) in [7, 11) is 1.66. The number of hydrogen-bond acceptors (Lipinski definition) is 3. The molecule has 0 saturated heterocycles. The molecule has 1 aromatic heterocycles. The molecule has 0 bridgehead atoms. The van der Waals surface area contributed by atoms with E-state index in [1.807, 2.05) is 18.2 Å². The van der Waals surface area contributed by atoms with E-state index in [4.69, 9.17) is 4.84 Å². The maximum atomic E-state index is 5.15. The molecule has 0 aliphatic heterocycles. The van der Waals surface area contributed by atoms with Gasteiger partial charge < -0.3 is 0 Å². The molecule has 0 aliphatic carbocycles. The van der Waals surface area contributed by atoms with Crippen molar-refractivity contribution < 1.29 is 4.84 Å². The second-order valence-corrected chi connectivity index (χ2v) is 2.47. The zero-order chi connectivity index (χ0) is 8.81. The van der Waals surface area contributed by atoms with Crippen LogP contribution in [0.1, 0.15) is 13.3 Å². The fourth-order valence-corrected chi connectivity index (χ4v) is 1.00. The Balaban J connectivity index is 2.66. The first kappa shape index (κ1) is 9.00. The number of anilines is 1. The zero-order valence-corrected chi connectivity index (χ0v) is 7.53.